The molecule has 0 saturated heterocycles. The molecule has 0 amide bonds. The van der Waals surface area contributed by atoms with Gasteiger partial charge in [-0.25, -0.2) is 4.79 Å². The van der Waals surface area contributed by atoms with Gasteiger partial charge in [-0.05, 0) is 85.8 Å². The van der Waals surface area contributed by atoms with Crippen LogP contribution in [0.15, 0.2) is 41.7 Å². The number of esters is 1. The molecule has 0 unspecified atom stereocenters. The molecule has 3 heteroatoms. The maximum atomic E-state index is 12.7. The van der Waals surface area contributed by atoms with Crippen molar-refractivity contribution in [1.82, 2.24) is 0 Å². The second-order valence-corrected chi connectivity index (χ2v) is 10.3. The zero-order valence-corrected chi connectivity index (χ0v) is 17.7. The van der Waals surface area contributed by atoms with Gasteiger partial charge in [-0.3, -0.25) is 4.79 Å². The van der Waals surface area contributed by atoms with Gasteiger partial charge in [0, 0.05) is 18.3 Å². The lowest BCUT2D eigenvalue weighted by molar-refractivity contribution is -0.132. The van der Waals surface area contributed by atoms with Crippen molar-refractivity contribution in [2.24, 2.45) is 28.6 Å². The normalized spacial score (nSPS) is 38.8. The molecule has 0 aliphatic heterocycles. The predicted octanol–water partition coefficient (Wildman–Crippen LogP) is 6.09. The van der Waals surface area contributed by atoms with Crippen LogP contribution in [0.5, 0.6) is 0 Å². The van der Waals surface area contributed by atoms with Crippen molar-refractivity contribution < 1.29 is 14.3 Å². The van der Waals surface area contributed by atoms with Gasteiger partial charge >= 0.3 is 5.97 Å². The highest BCUT2D eigenvalue weighted by atomic mass is 16.5. The Hall–Kier alpha value is -1.90. The Morgan fingerprint density at radius 2 is 1.69 bits per heavy atom. The Bertz CT molecular complexity index is 869. The summed E-state index contributed by atoms with van der Waals surface area (Å²) >= 11 is 0. The average Bonchev–Trinajstić information content (AvgIpc) is 3.03. The summed E-state index contributed by atoms with van der Waals surface area (Å²) in [6.07, 6.45) is 9.37. The molecule has 4 aliphatic rings. The second kappa shape index (κ2) is 6.82. The molecule has 154 valence electrons. The number of carbonyl (C=O) groups excluding carboxylic acids is 2. The zero-order valence-electron chi connectivity index (χ0n) is 17.7. The second-order valence-electron chi connectivity index (χ2n) is 10.3. The van der Waals surface area contributed by atoms with Crippen molar-refractivity contribution >= 4 is 11.8 Å². The van der Waals surface area contributed by atoms with E-state index in [0.29, 0.717) is 29.1 Å². The van der Waals surface area contributed by atoms with Gasteiger partial charge in [-0.2, -0.15) is 0 Å². The molecule has 0 bridgehead atoms. The fourth-order valence-electron chi connectivity index (χ4n) is 7.49. The van der Waals surface area contributed by atoms with Crippen LogP contribution in [0.4, 0.5) is 0 Å². The lowest BCUT2D eigenvalue weighted by Gasteiger charge is -2.57. The monoisotopic (exact) mass is 392 g/mol. The van der Waals surface area contributed by atoms with E-state index in [0.717, 1.165) is 57.1 Å². The van der Waals surface area contributed by atoms with Gasteiger partial charge in [0.05, 0.1) is 5.56 Å². The van der Waals surface area contributed by atoms with Gasteiger partial charge in [0.1, 0.15) is 11.5 Å². The summed E-state index contributed by atoms with van der Waals surface area (Å²) in [5.41, 5.74) is 2.08. The number of allylic oxidation sites excluding steroid dienone is 2. The minimum Gasteiger partial charge on any atom is -0.428 e. The molecule has 0 N–H and O–H groups in total. The number of ether oxygens (including phenoxy) is 1. The lowest BCUT2D eigenvalue weighted by Crippen LogP contribution is -2.50. The summed E-state index contributed by atoms with van der Waals surface area (Å²) in [6.45, 7) is 4.67. The van der Waals surface area contributed by atoms with E-state index in [2.05, 4.69) is 13.8 Å². The largest absolute Gasteiger partial charge is 0.428 e. The summed E-state index contributed by atoms with van der Waals surface area (Å²) in [5, 5.41) is 0. The van der Waals surface area contributed by atoms with E-state index in [1.807, 2.05) is 30.3 Å². The summed E-state index contributed by atoms with van der Waals surface area (Å²) in [6, 6.07) is 9.33. The Morgan fingerprint density at radius 1 is 0.931 bits per heavy atom. The first-order valence-electron chi connectivity index (χ1n) is 11.5. The van der Waals surface area contributed by atoms with Crippen LogP contribution in [0.1, 0.15) is 82.0 Å². The van der Waals surface area contributed by atoms with Crippen LogP contribution in [-0.2, 0) is 9.53 Å². The number of fused-ring (bicyclic) bond motifs is 5. The van der Waals surface area contributed by atoms with Crippen molar-refractivity contribution in [3.05, 3.63) is 47.2 Å². The highest BCUT2D eigenvalue weighted by Crippen LogP contribution is 2.65. The third-order valence-electron chi connectivity index (χ3n) is 9.04. The van der Waals surface area contributed by atoms with Crippen LogP contribution in [0, 0.1) is 28.6 Å². The van der Waals surface area contributed by atoms with Crippen LogP contribution in [0.25, 0.3) is 0 Å². The van der Waals surface area contributed by atoms with Crippen LogP contribution in [0.3, 0.4) is 0 Å². The molecule has 3 nitrogen and oxygen atoms in total. The quantitative estimate of drug-likeness (QED) is 0.572. The molecule has 5 atom stereocenters. The number of hydrogen-bond acceptors (Lipinski definition) is 3. The van der Waals surface area contributed by atoms with Gasteiger partial charge in [0.15, 0.2) is 0 Å². The molecule has 0 aromatic heterocycles. The first-order chi connectivity index (χ1) is 13.9. The average molecular weight is 393 g/mol. The molecule has 3 saturated carbocycles. The van der Waals surface area contributed by atoms with Crippen LogP contribution >= 0.6 is 0 Å². The molecule has 4 aliphatic carbocycles. The van der Waals surface area contributed by atoms with Gasteiger partial charge in [-0.1, -0.05) is 32.0 Å². The standard InChI is InChI=1S/C26H32O3/c1-25-15-6-9-22(29-24(28)17-7-4-3-5-8-17)21(25)11-10-18-19-12-13-23(27)26(19,2)16-14-20(18)25/h3-5,7-8,18-20H,6,9-16H2,1-2H3/t18-,19-,20-,25+,26-/m0/s1. The molecule has 5 rings (SSSR count). The maximum absolute atomic E-state index is 12.7. The molecular formula is C26H32O3. The van der Waals surface area contributed by atoms with E-state index < -0.39 is 0 Å². The highest BCUT2D eigenvalue weighted by Gasteiger charge is 2.59. The molecule has 0 heterocycles. The molecule has 1 aromatic carbocycles. The smallest absolute Gasteiger partial charge is 0.343 e. The minimum absolute atomic E-state index is 0.0734. The number of rotatable bonds is 2. The highest BCUT2D eigenvalue weighted by molar-refractivity contribution is 5.90. The van der Waals surface area contributed by atoms with Crippen LogP contribution in [0.2, 0.25) is 0 Å². The van der Waals surface area contributed by atoms with E-state index in [4.69, 9.17) is 4.74 Å². The Balaban J connectivity index is 1.44. The number of hydrogen-bond donors (Lipinski definition) is 0. The molecule has 1 aromatic rings. The summed E-state index contributed by atoms with van der Waals surface area (Å²) in [7, 11) is 0. The molecular weight excluding hydrogens is 360 g/mol. The Morgan fingerprint density at radius 3 is 2.48 bits per heavy atom. The van der Waals surface area contributed by atoms with Gasteiger partial charge in [-0.15, -0.1) is 0 Å². The van der Waals surface area contributed by atoms with Crippen molar-refractivity contribution in [1.29, 1.82) is 0 Å². The molecule has 3 fully saturated rings. The van der Waals surface area contributed by atoms with E-state index >= 15 is 0 Å². The first kappa shape index (κ1) is 19.1. The summed E-state index contributed by atoms with van der Waals surface area (Å²) in [4.78, 5) is 25.3. The minimum atomic E-state index is -0.225. The molecule has 29 heavy (non-hydrogen) atoms. The first-order valence-corrected chi connectivity index (χ1v) is 11.5. The van der Waals surface area contributed by atoms with Crippen molar-refractivity contribution in [3.63, 3.8) is 0 Å². The fourth-order valence-corrected chi connectivity index (χ4v) is 7.49. The van der Waals surface area contributed by atoms with E-state index in [-0.39, 0.29) is 16.8 Å². The number of carbonyl (C=O) groups is 2. The van der Waals surface area contributed by atoms with Crippen LogP contribution in [-0.4, -0.2) is 11.8 Å². The molecule has 0 spiro atoms. The van der Waals surface area contributed by atoms with E-state index in [1.165, 1.54) is 12.0 Å². The zero-order chi connectivity index (χ0) is 20.2. The third kappa shape index (κ3) is 2.84. The van der Waals surface area contributed by atoms with Gasteiger partial charge in [0.2, 0.25) is 0 Å². The Labute approximate surface area is 173 Å². The summed E-state index contributed by atoms with van der Waals surface area (Å²) in [5.74, 6) is 3.07. The van der Waals surface area contributed by atoms with Crippen LogP contribution < -0.4 is 0 Å². The SMILES string of the molecule is C[C@]12CCCC(OC(=O)c3ccccc3)=C1CC[C@@H]1[C@@H]2CC[C@]2(C)C(=O)CC[C@@H]12. The van der Waals surface area contributed by atoms with Gasteiger partial charge in [0.25, 0.3) is 0 Å². The fraction of sp³-hybridized carbons (Fsp3) is 0.615. The predicted molar refractivity (Wildman–Crippen MR) is 112 cm³/mol. The lowest BCUT2D eigenvalue weighted by atomic mass is 9.47. The van der Waals surface area contributed by atoms with Crippen molar-refractivity contribution in [2.75, 3.05) is 0 Å². The number of ketones is 1. The van der Waals surface area contributed by atoms with Crippen molar-refractivity contribution in [3.8, 4) is 0 Å². The maximum Gasteiger partial charge on any atom is 0.343 e. The third-order valence-corrected chi connectivity index (χ3v) is 9.04. The molecule has 0 radical (unpaired) electrons. The van der Waals surface area contributed by atoms with E-state index in [9.17, 15) is 9.59 Å². The topological polar surface area (TPSA) is 43.4 Å². The van der Waals surface area contributed by atoms with Gasteiger partial charge < -0.3 is 4.74 Å². The summed E-state index contributed by atoms with van der Waals surface area (Å²) < 4.78 is 6.00. The van der Waals surface area contributed by atoms with E-state index in [1.54, 1.807) is 0 Å². The number of Topliss-reactive ketones (excluding diaryl/α,β-unsaturated/α-hetero) is 1. The Kier molecular flexibility index (Phi) is 4.49. The van der Waals surface area contributed by atoms with Crippen molar-refractivity contribution in [2.45, 2.75) is 71.6 Å². The number of benzene rings is 1.